The molecule has 112 valence electrons. The van der Waals surface area contributed by atoms with Gasteiger partial charge >= 0.3 is 0 Å². The van der Waals surface area contributed by atoms with Crippen LogP contribution in [0.3, 0.4) is 0 Å². The van der Waals surface area contributed by atoms with Gasteiger partial charge in [0, 0.05) is 16.1 Å². The molecular formula is C17H18Cl2FN. The maximum absolute atomic E-state index is 13.2. The van der Waals surface area contributed by atoms with Crippen LogP contribution in [0.2, 0.25) is 10.0 Å². The highest BCUT2D eigenvalue weighted by Gasteiger charge is 2.16. The fraction of sp³-hybridized carbons (Fsp3) is 0.294. The van der Waals surface area contributed by atoms with E-state index in [1.807, 2.05) is 24.3 Å². The fourth-order valence-corrected chi connectivity index (χ4v) is 2.79. The standard InChI is InChI=1S/C17H18Cl2FN/c1-2-9-21-17(14-5-3-4-6-15(14)18)10-12-7-8-13(20)11-16(12)19/h3-8,11,17,21H,2,9-10H2,1H3. The van der Waals surface area contributed by atoms with E-state index in [4.69, 9.17) is 23.2 Å². The third-order valence-electron chi connectivity index (χ3n) is 3.36. The molecule has 1 N–H and O–H groups in total. The highest BCUT2D eigenvalue weighted by Crippen LogP contribution is 2.28. The van der Waals surface area contributed by atoms with Crippen molar-refractivity contribution in [2.24, 2.45) is 0 Å². The van der Waals surface area contributed by atoms with Crippen molar-refractivity contribution in [3.63, 3.8) is 0 Å². The topological polar surface area (TPSA) is 12.0 Å². The lowest BCUT2D eigenvalue weighted by Gasteiger charge is -2.21. The molecule has 2 aromatic carbocycles. The van der Waals surface area contributed by atoms with Crippen molar-refractivity contribution in [3.05, 3.63) is 69.5 Å². The monoisotopic (exact) mass is 325 g/mol. The van der Waals surface area contributed by atoms with Crippen LogP contribution >= 0.6 is 23.2 Å². The summed E-state index contributed by atoms with van der Waals surface area (Å²) in [7, 11) is 0. The molecule has 0 aliphatic rings. The molecule has 1 nitrogen and oxygen atoms in total. The number of halogens is 3. The lowest BCUT2D eigenvalue weighted by atomic mass is 9.98. The van der Waals surface area contributed by atoms with Gasteiger partial charge in [0.25, 0.3) is 0 Å². The number of rotatable bonds is 6. The van der Waals surface area contributed by atoms with Gasteiger partial charge in [0.15, 0.2) is 0 Å². The zero-order valence-corrected chi connectivity index (χ0v) is 13.4. The maximum Gasteiger partial charge on any atom is 0.124 e. The van der Waals surface area contributed by atoms with Gasteiger partial charge in [0.2, 0.25) is 0 Å². The minimum atomic E-state index is -0.320. The average molecular weight is 326 g/mol. The average Bonchev–Trinajstić information content (AvgIpc) is 2.46. The Bertz CT molecular complexity index is 601. The third-order valence-corrected chi connectivity index (χ3v) is 4.06. The highest BCUT2D eigenvalue weighted by molar-refractivity contribution is 6.31. The first-order valence-corrected chi connectivity index (χ1v) is 7.79. The molecule has 0 radical (unpaired) electrons. The zero-order valence-electron chi connectivity index (χ0n) is 11.9. The Balaban J connectivity index is 2.26. The predicted octanol–water partition coefficient (Wildman–Crippen LogP) is 5.42. The van der Waals surface area contributed by atoms with E-state index >= 15 is 0 Å². The van der Waals surface area contributed by atoms with Gasteiger partial charge in [-0.2, -0.15) is 0 Å². The summed E-state index contributed by atoms with van der Waals surface area (Å²) in [5, 5.41) is 4.66. The summed E-state index contributed by atoms with van der Waals surface area (Å²) in [6, 6.07) is 12.3. The van der Waals surface area contributed by atoms with Crippen LogP contribution in [0.15, 0.2) is 42.5 Å². The summed E-state index contributed by atoms with van der Waals surface area (Å²) in [5.41, 5.74) is 1.94. The molecule has 0 saturated heterocycles. The minimum Gasteiger partial charge on any atom is -0.310 e. The molecule has 21 heavy (non-hydrogen) atoms. The number of benzene rings is 2. The van der Waals surface area contributed by atoms with E-state index in [-0.39, 0.29) is 11.9 Å². The first kappa shape index (κ1) is 16.3. The van der Waals surface area contributed by atoms with E-state index in [1.54, 1.807) is 6.07 Å². The van der Waals surface area contributed by atoms with Gasteiger partial charge in [-0.15, -0.1) is 0 Å². The van der Waals surface area contributed by atoms with Gasteiger partial charge in [-0.3, -0.25) is 0 Å². The molecule has 2 rings (SSSR count). The fourth-order valence-electron chi connectivity index (χ4n) is 2.28. The number of hydrogen-bond donors (Lipinski definition) is 1. The van der Waals surface area contributed by atoms with Crippen molar-refractivity contribution < 1.29 is 4.39 Å². The largest absolute Gasteiger partial charge is 0.310 e. The van der Waals surface area contributed by atoms with Gasteiger partial charge in [-0.05, 0) is 48.7 Å². The molecule has 0 aromatic heterocycles. The van der Waals surface area contributed by atoms with Crippen molar-refractivity contribution in [2.75, 3.05) is 6.54 Å². The summed E-state index contributed by atoms with van der Waals surface area (Å²) in [5.74, 6) is -0.320. The molecule has 0 heterocycles. The Morgan fingerprint density at radius 1 is 1.10 bits per heavy atom. The lowest BCUT2D eigenvalue weighted by Crippen LogP contribution is -2.24. The van der Waals surface area contributed by atoms with Crippen LogP contribution in [0, 0.1) is 5.82 Å². The summed E-state index contributed by atoms with van der Waals surface area (Å²) in [4.78, 5) is 0. The molecule has 0 bridgehead atoms. The molecule has 0 fully saturated rings. The first-order valence-electron chi connectivity index (χ1n) is 7.03. The van der Waals surface area contributed by atoms with Crippen molar-refractivity contribution in [1.82, 2.24) is 5.32 Å². The second-order valence-electron chi connectivity index (χ2n) is 4.97. The molecule has 0 saturated carbocycles. The van der Waals surface area contributed by atoms with Gasteiger partial charge < -0.3 is 5.32 Å². The van der Waals surface area contributed by atoms with E-state index < -0.39 is 0 Å². The highest BCUT2D eigenvalue weighted by atomic mass is 35.5. The van der Waals surface area contributed by atoms with E-state index in [9.17, 15) is 4.39 Å². The third kappa shape index (κ3) is 4.44. The number of hydrogen-bond acceptors (Lipinski definition) is 1. The molecule has 2 aromatic rings. The van der Waals surface area contributed by atoms with E-state index in [0.29, 0.717) is 11.4 Å². The summed E-state index contributed by atoms with van der Waals surface area (Å²) in [6.07, 6.45) is 1.70. The van der Waals surface area contributed by atoms with Crippen molar-refractivity contribution in [3.8, 4) is 0 Å². The summed E-state index contributed by atoms with van der Waals surface area (Å²) in [6.45, 7) is 3.00. The van der Waals surface area contributed by atoms with E-state index in [0.717, 1.165) is 29.1 Å². The van der Waals surface area contributed by atoms with Crippen LogP contribution in [-0.4, -0.2) is 6.54 Å². The molecule has 1 unspecified atom stereocenters. The summed E-state index contributed by atoms with van der Waals surface area (Å²) < 4.78 is 13.2. The first-order chi connectivity index (χ1) is 10.1. The maximum atomic E-state index is 13.2. The van der Waals surface area contributed by atoms with Crippen LogP contribution in [-0.2, 0) is 6.42 Å². The van der Waals surface area contributed by atoms with Crippen LogP contribution in [0.5, 0.6) is 0 Å². The van der Waals surface area contributed by atoms with Gasteiger partial charge in [0.1, 0.15) is 5.82 Å². The van der Waals surface area contributed by atoms with Gasteiger partial charge in [-0.1, -0.05) is 54.4 Å². The molecular weight excluding hydrogens is 308 g/mol. The smallest absolute Gasteiger partial charge is 0.124 e. The predicted molar refractivity (Wildman–Crippen MR) is 87.6 cm³/mol. The van der Waals surface area contributed by atoms with E-state index in [1.165, 1.54) is 12.1 Å². The molecule has 0 aliphatic carbocycles. The van der Waals surface area contributed by atoms with Crippen LogP contribution in [0.4, 0.5) is 4.39 Å². The van der Waals surface area contributed by atoms with Crippen molar-refractivity contribution in [2.45, 2.75) is 25.8 Å². The molecule has 0 amide bonds. The Hall–Kier alpha value is -1.09. The Morgan fingerprint density at radius 2 is 1.86 bits per heavy atom. The lowest BCUT2D eigenvalue weighted by molar-refractivity contribution is 0.529. The molecule has 0 spiro atoms. The molecule has 4 heteroatoms. The molecule has 1 atom stereocenters. The second-order valence-corrected chi connectivity index (χ2v) is 5.78. The van der Waals surface area contributed by atoms with E-state index in [2.05, 4.69) is 12.2 Å². The minimum absolute atomic E-state index is 0.0570. The van der Waals surface area contributed by atoms with Crippen molar-refractivity contribution in [1.29, 1.82) is 0 Å². The normalized spacial score (nSPS) is 12.4. The van der Waals surface area contributed by atoms with Gasteiger partial charge in [0.05, 0.1) is 0 Å². The van der Waals surface area contributed by atoms with Crippen LogP contribution in [0.25, 0.3) is 0 Å². The Morgan fingerprint density at radius 3 is 2.52 bits per heavy atom. The summed E-state index contributed by atoms with van der Waals surface area (Å²) >= 11 is 12.4. The van der Waals surface area contributed by atoms with Gasteiger partial charge in [-0.25, -0.2) is 4.39 Å². The zero-order chi connectivity index (χ0) is 15.2. The van der Waals surface area contributed by atoms with Crippen LogP contribution in [0.1, 0.15) is 30.5 Å². The quantitative estimate of drug-likeness (QED) is 0.748. The Labute approximate surface area is 135 Å². The van der Waals surface area contributed by atoms with Crippen molar-refractivity contribution >= 4 is 23.2 Å². The SMILES string of the molecule is CCCNC(Cc1ccc(F)cc1Cl)c1ccccc1Cl. The Kier molecular flexibility index (Phi) is 6.04. The van der Waals surface area contributed by atoms with Crippen LogP contribution < -0.4 is 5.32 Å². The number of nitrogens with one attached hydrogen (secondary N) is 1. The molecule has 0 aliphatic heterocycles. The second kappa shape index (κ2) is 7.79.